The van der Waals surface area contributed by atoms with Gasteiger partial charge in [0.25, 0.3) is 0 Å². The number of aromatic nitrogens is 2. The summed E-state index contributed by atoms with van der Waals surface area (Å²) in [5.74, 6) is 0.433. The van der Waals surface area contributed by atoms with Gasteiger partial charge in [-0.2, -0.15) is 4.98 Å². The largest absolute Gasteiger partial charge is 0.357 e. The second kappa shape index (κ2) is 5.92. The van der Waals surface area contributed by atoms with Crippen LogP contribution in [-0.2, 0) is 0 Å². The van der Waals surface area contributed by atoms with Crippen molar-refractivity contribution in [1.82, 2.24) is 9.97 Å². The smallest absolute Gasteiger partial charge is 0.332 e. The van der Waals surface area contributed by atoms with Gasteiger partial charge in [-0.05, 0) is 31.5 Å². The fourth-order valence-electron chi connectivity index (χ4n) is 1.84. The van der Waals surface area contributed by atoms with Crippen molar-refractivity contribution in [2.75, 3.05) is 17.7 Å². The Bertz CT molecular complexity index is 705. The summed E-state index contributed by atoms with van der Waals surface area (Å²) in [6.45, 7) is 3.44. The molecule has 0 saturated carbocycles. The van der Waals surface area contributed by atoms with Gasteiger partial charge in [-0.25, -0.2) is 4.98 Å². The molecule has 7 nitrogen and oxygen atoms in total. The van der Waals surface area contributed by atoms with Gasteiger partial charge in [0.05, 0.1) is 4.92 Å². The first-order valence-electron chi connectivity index (χ1n) is 6.16. The maximum atomic E-state index is 11.2. The van der Waals surface area contributed by atoms with Crippen LogP contribution >= 0.6 is 11.6 Å². The van der Waals surface area contributed by atoms with Gasteiger partial charge >= 0.3 is 5.69 Å². The molecule has 1 aromatic carbocycles. The molecule has 110 valence electrons. The molecule has 8 heteroatoms. The van der Waals surface area contributed by atoms with Gasteiger partial charge in [0, 0.05) is 17.8 Å². The monoisotopic (exact) mass is 307 g/mol. The molecule has 0 amide bonds. The third kappa shape index (κ3) is 3.19. The van der Waals surface area contributed by atoms with E-state index in [1.54, 1.807) is 26.1 Å². The summed E-state index contributed by atoms with van der Waals surface area (Å²) in [6, 6.07) is 5.27. The minimum Gasteiger partial charge on any atom is -0.357 e. The first-order valence-corrected chi connectivity index (χ1v) is 6.54. The van der Waals surface area contributed by atoms with Crippen LogP contribution in [0.2, 0.25) is 5.02 Å². The lowest BCUT2D eigenvalue weighted by atomic mass is 10.2. The number of hydrogen-bond donors (Lipinski definition) is 2. The summed E-state index contributed by atoms with van der Waals surface area (Å²) >= 11 is 5.96. The van der Waals surface area contributed by atoms with Crippen LogP contribution in [0.3, 0.4) is 0 Å². The predicted molar refractivity (Wildman–Crippen MR) is 82.4 cm³/mol. The highest BCUT2D eigenvalue weighted by atomic mass is 35.5. The van der Waals surface area contributed by atoms with E-state index in [0.29, 0.717) is 16.7 Å². The topological polar surface area (TPSA) is 93.0 Å². The quantitative estimate of drug-likeness (QED) is 0.664. The number of rotatable bonds is 4. The zero-order valence-corrected chi connectivity index (χ0v) is 12.5. The van der Waals surface area contributed by atoms with Gasteiger partial charge in [0.2, 0.25) is 11.8 Å². The molecule has 21 heavy (non-hydrogen) atoms. The van der Waals surface area contributed by atoms with E-state index in [9.17, 15) is 10.1 Å². The van der Waals surface area contributed by atoms with Gasteiger partial charge in [-0.15, -0.1) is 0 Å². The zero-order chi connectivity index (χ0) is 15.6. The highest BCUT2D eigenvalue weighted by molar-refractivity contribution is 6.30. The van der Waals surface area contributed by atoms with Gasteiger partial charge in [-0.1, -0.05) is 17.7 Å². The molecule has 0 radical (unpaired) electrons. The van der Waals surface area contributed by atoms with Crippen LogP contribution < -0.4 is 10.6 Å². The summed E-state index contributed by atoms with van der Waals surface area (Å²) in [7, 11) is 1.65. The van der Waals surface area contributed by atoms with Crippen LogP contribution in [-0.4, -0.2) is 21.9 Å². The van der Waals surface area contributed by atoms with Crippen molar-refractivity contribution < 1.29 is 4.92 Å². The molecule has 1 heterocycles. The maximum Gasteiger partial charge on any atom is 0.332 e. The van der Waals surface area contributed by atoms with Crippen LogP contribution in [0.5, 0.6) is 0 Å². The van der Waals surface area contributed by atoms with Crippen molar-refractivity contribution in [3.63, 3.8) is 0 Å². The van der Waals surface area contributed by atoms with Crippen LogP contribution in [0, 0.1) is 24.0 Å². The van der Waals surface area contributed by atoms with E-state index >= 15 is 0 Å². The molecule has 0 bridgehead atoms. The average Bonchev–Trinajstić information content (AvgIpc) is 2.41. The van der Waals surface area contributed by atoms with Crippen molar-refractivity contribution in [2.24, 2.45) is 0 Å². The molecule has 2 rings (SSSR count). The third-order valence-corrected chi connectivity index (χ3v) is 3.15. The molecular weight excluding hydrogens is 294 g/mol. The Balaban J connectivity index is 2.54. The maximum absolute atomic E-state index is 11.2. The van der Waals surface area contributed by atoms with E-state index in [0.717, 1.165) is 5.56 Å². The Hall–Kier alpha value is -2.41. The number of nitrogens with zero attached hydrogens (tertiary/aromatic N) is 3. The second-order valence-corrected chi connectivity index (χ2v) is 4.86. The Morgan fingerprint density at radius 3 is 2.62 bits per heavy atom. The van der Waals surface area contributed by atoms with E-state index in [1.165, 1.54) is 0 Å². The van der Waals surface area contributed by atoms with E-state index in [1.807, 2.05) is 13.0 Å². The molecule has 0 aliphatic rings. The molecular formula is C13H14ClN5O2. The molecule has 2 N–H and O–H groups in total. The lowest BCUT2D eigenvalue weighted by Crippen LogP contribution is -2.07. The lowest BCUT2D eigenvalue weighted by molar-refractivity contribution is -0.385. The van der Waals surface area contributed by atoms with Crippen molar-refractivity contribution >= 4 is 34.7 Å². The summed E-state index contributed by atoms with van der Waals surface area (Å²) in [4.78, 5) is 18.9. The third-order valence-electron chi connectivity index (χ3n) is 2.92. The highest BCUT2D eigenvalue weighted by Gasteiger charge is 2.22. The molecule has 0 fully saturated rings. The molecule has 0 aliphatic carbocycles. The van der Waals surface area contributed by atoms with Gasteiger partial charge in [0.1, 0.15) is 5.69 Å². The number of aryl methyl sites for hydroxylation is 2. The number of anilines is 3. The van der Waals surface area contributed by atoms with Crippen LogP contribution in [0.4, 0.5) is 23.1 Å². The predicted octanol–water partition coefficient (Wildman–Crippen LogP) is 3.44. The zero-order valence-electron chi connectivity index (χ0n) is 11.8. The van der Waals surface area contributed by atoms with Gasteiger partial charge < -0.3 is 10.6 Å². The number of hydrogen-bond acceptors (Lipinski definition) is 6. The number of nitrogens with one attached hydrogen (secondary N) is 2. The first kappa shape index (κ1) is 15.0. The van der Waals surface area contributed by atoms with Crippen LogP contribution in [0.25, 0.3) is 0 Å². The number of nitro groups is 1. The first-order chi connectivity index (χ1) is 9.92. The Kier molecular flexibility index (Phi) is 4.23. The van der Waals surface area contributed by atoms with Crippen molar-refractivity contribution in [1.29, 1.82) is 0 Å². The van der Waals surface area contributed by atoms with Gasteiger partial charge in [-0.3, -0.25) is 10.1 Å². The van der Waals surface area contributed by atoms with Gasteiger partial charge in [0.15, 0.2) is 0 Å². The van der Waals surface area contributed by atoms with Crippen LogP contribution in [0.1, 0.15) is 11.3 Å². The van der Waals surface area contributed by atoms with E-state index in [4.69, 9.17) is 11.6 Å². The van der Waals surface area contributed by atoms with Crippen LogP contribution in [0.15, 0.2) is 18.2 Å². The average molecular weight is 308 g/mol. The van der Waals surface area contributed by atoms with Crippen molar-refractivity contribution in [2.45, 2.75) is 13.8 Å². The number of halogens is 1. The standard InChI is InChI=1S/C13H14ClN5O2/c1-7-4-5-9(14)6-10(7)17-12-11(19(20)21)8(2)16-13(15-3)18-12/h4-6H,1-3H3,(H2,15,16,17,18). The number of benzene rings is 1. The normalized spacial score (nSPS) is 10.3. The summed E-state index contributed by atoms with van der Waals surface area (Å²) in [5, 5.41) is 17.5. The molecule has 0 spiro atoms. The van der Waals surface area contributed by atoms with E-state index in [2.05, 4.69) is 20.6 Å². The minimum absolute atomic E-state index is 0.127. The van der Waals surface area contributed by atoms with Crippen molar-refractivity contribution in [3.05, 3.63) is 44.6 Å². The summed E-state index contributed by atoms with van der Waals surface area (Å²) in [5.41, 5.74) is 1.68. The lowest BCUT2D eigenvalue weighted by Gasteiger charge is -2.11. The highest BCUT2D eigenvalue weighted by Crippen LogP contribution is 2.31. The molecule has 0 aliphatic heterocycles. The molecule has 0 atom stereocenters. The minimum atomic E-state index is -0.503. The van der Waals surface area contributed by atoms with E-state index in [-0.39, 0.29) is 17.2 Å². The summed E-state index contributed by atoms with van der Waals surface area (Å²) in [6.07, 6.45) is 0. The molecule has 0 unspecified atom stereocenters. The Morgan fingerprint density at radius 1 is 1.29 bits per heavy atom. The molecule has 1 aromatic heterocycles. The molecule has 2 aromatic rings. The Morgan fingerprint density at radius 2 is 2.00 bits per heavy atom. The van der Waals surface area contributed by atoms with E-state index < -0.39 is 4.92 Å². The SMILES string of the molecule is CNc1nc(C)c([N+](=O)[O-])c(Nc2cc(Cl)ccc2C)n1. The molecule has 0 saturated heterocycles. The van der Waals surface area contributed by atoms with Crippen molar-refractivity contribution in [3.8, 4) is 0 Å². The Labute approximate surface area is 126 Å². The second-order valence-electron chi connectivity index (χ2n) is 4.42. The summed E-state index contributed by atoms with van der Waals surface area (Å²) < 4.78 is 0. The fraction of sp³-hybridized carbons (Fsp3) is 0.231. The fourth-order valence-corrected chi connectivity index (χ4v) is 2.01.